The van der Waals surface area contributed by atoms with E-state index >= 15 is 0 Å². The standard InChI is InChI=1S/C12H15FN2O2S/c1-3-17-11(16)7-15(2)10-5-4-8(13)6-9(10)12(14)18/h4-6H,3,7H2,1-2H3,(H2,14,18). The van der Waals surface area contributed by atoms with Crippen molar-refractivity contribution in [1.82, 2.24) is 0 Å². The van der Waals surface area contributed by atoms with Crippen molar-refractivity contribution in [3.8, 4) is 0 Å². The molecule has 0 aliphatic rings. The molecule has 0 unspecified atom stereocenters. The van der Waals surface area contributed by atoms with Crippen LogP contribution in [-0.2, 0) is 9.53 Å². The second-order valence-corrected chi connectivity index (χ2v) is 4.13. The molecule has 18 heavy (non-hydrogen) atoms. The Kier molecular flexibility index (Phi) is 5.03. The number of ether oxygens (including phenoxy) is 1. The summed E-state index contributed by atoms with van der Waals surface area (Å²) >= 11 is 4.86. The summed E-state index contributed by atoms with van der Waals surface area (Å²) in [4.78, 5) is 13.1. The number of rotatable bonds is 5. The van der Waals surface area contributed by atoms with Crippen LogP contribution in [0.2, 0.25) is 0 Å². The molecular formula is C12H15FN2O2S. The number of halogens is 1. The van der Waals surface area contributed by atoms with Gasteiger partial charge in [0, 0.05) is 18.3 Å². The third kappa shape index (κ3) is 3.66. The summed E-state index contributed by atoms with van der Waals surface area (Å²) in [7, 11) is 1.69. The van der Waals surface area contributed by atoms with Crippen LogP contribution in [0.15, 0.2) is 18.2 Å². The van der Waals surface area contributed by atoms with Crippen LogP contribution < -0.4 is 10.6 Å². The number of likely N-dealkylation sites (N-methyl/N-ethyl adjacent to an activating group) is 1. The fraction of sp³-hybridized carbons (Fsp3) is 0.333. The van der Waals surface area contributed by atoms with Crippen molar-refractivity contribution < 1.29 is 13.9 Å². The number of anilines is 1. The first-order valence-electron chi connectivity index (χ1n) is 5.41. The van der Waals surface area contributed by atoms with E-state index < -0.39 is 5.82 Å². The smallest absolute Gasteiger partial charge is 0.325 e. The van der Waals surface area contributed by atoms with E-state index in [2.05, 4.69) is 0 Å². The highest BCUT2D eigenvalue weighted by Gasteiger charge is 2.14. The first kappa shape index (κ1) is 14.4. The molecule has 0 aromatic heterocycles. The van der Waals surface area contributed by atoms with Gasteiger partial charge in [-0.1, -0.05) is 12.2 Å². The van der Waals surface area contributed by atoms with Crippen LogP contribution >= 0.6 is 12.2 Å². The van der Waals surface area contributed by atoms with Crippen LogP contribution in [-0.4, -0.2) is 31.2 Å². The lowest BCUT2D eigenvalue weighted by Crippen LogP contribution is -2.29. The highest BCUT2D eigenvalue weighted by atomic mass is 32.1. The van der Waals surface area contributed by atoms with Crippen LogP contribution in [0.25, 0.3) is 0 Å². The lowest BCUT2D eigenvalue weighted by atomic mass is 10.1. The summed E-state index contributed by atoms with van der Waals surface area (Å²) in [6.45, 7) is 2.10. The molecule has 0 saturated heterocycles. The zero-order valence-corrected chi connectivity index (χ0v) is 11.1. The Hall–Kier alpha value is -1.69. The Morgan fingerprint density at radius 3 is 2.78 bits per heavy atom. The number of thiocarbonyl (C=S) groups is 1. The average molecular weight is 270 g/mol. The molecule has 1 rings (SSSR count). The Bertz CT molecular complexity index is 465. The number of hydrogen-bond donors (Lipinski definition) is 1. The van der Waals surface area contributed by atoms with E-state index in [0.29, 0.717) is 17.9 Å². The minimum atomic E-state index is -0.425. The van der Waals surface area contributed by atoms with Gasteiger partial charge in [-0.25, -0.2) is 4.39 Å². The molecule has 0 aliphatic carbocycles. The zero-order chi connectivity index (χ0) is 13.7. The van der Waals surface area contributed by atoms with Crippen LogP contribution in [0.4, 0.5) is 10.1 Å². The molecule has 6 heteroatoms. The molecule has 0 fully saturated rings. The molecule has 1 aromatic carbocycles. The largest absolute Gasteiger partial charge is 0.465 e. The minimum Gasteiger partial charge on any atom is -0.465 e. The Morgan fingerprint density at radius 2 is 2.22 bits per heavy atom. The molecule has 2 N–H and O–H groups in total. The first-order valence-corrected chi connectivity index (χ1v) is 5.82. The van der Waals surface area contributed by atoms with Gasteiger partial charge in [-0.05, 0) is 25.1 Å². The van der Waals surface area contributed by atoms with Crippen molar-refractivity contribution >= 4 is 28.9 Å². The van der Waals surface area contributed by atoms with Crippen LogP contribution in [0, 0.1) is 5.82 Å². The monoisotopic (exact) mass is 270 g/mol. The molecule has 0 radical (unpaired) electrons. The lowest BCUT2D eigenvalue weighted by Gasteiger charge is -2.21. The van der Waals surface area contributed by atoms with Gasteiger partial charge in [0.15, 0.2) is 0 Å². The number of carbonyl (C=O) groups is 1. The molecule has 4 nitrogen and oxygen atoms in total. The van der Waals surface area contributed by atoms with E-state index in [1.807, 2.05) is 0 Å². The van der Waals surface area contributed by atoms with Crippen molar-refractivity contribution in [3.05, 3.63) is 29.6 Å². The van der Waals surface area contributed by atoms with E-state index in [1.54, 1.807) is 18.9 Å². The van der Waals surface area contributed by atoms with Gasteiger partial charge in [0.2, 0.25) is 0 Å². The van der Waals surface area contributed by atoms with Crippen molar-refractivity contribution in [2.75, 3.05) is 25.1 Å². The molecule has 0 aliphatic heterocycles. The van der Waals surface area contributed by atoms with Crippen LogP contribution in [0.5, 0.6) is 0 Å². The van der Waals surface area contributed by atoms with E-state index in [-0.39, 0.29) is 17.5 Å². The van der Waals surface area contributed by atoms with Gasteiger partial charge in [0.05, 0.1) is 6.61 Å². The summed E-state index contributed by atoms with van der Waals surface area (Å²) in [6, 6.07) is 4.07. The highest BCUT2D eigenvalue weighted by molar-refractivity contribution is 7.80. The summed E-state index contributed by atoms with van der Waals surface area (Å²) in [5.74, 6) is -0.788. The lowest BCUT2D eigenvalue weighted by molar-refractivity contribution is -0.141. The molecule has 0 atom stereocenters. The molecule has 1 aromatic rings. The van der Waals surface area contributed by atoms with E-state index in [1.165, 1.54) is 18.2 Å². The van der Waals surface area contributed by atoms with Gasteiger partial charge in [-0.2, -0.15) is 0 Å². The molecule has 98 valence electrons. The summed E-state index contributed by atoms with van der Waals surface area (Å²) in [6.07, 6.45) is 0. The number of benzene rings is 1. The molecule has 0 saturated carbocycles. The topological polar surface area (TPSA) is 55.6 Å². The Labute approximate surface area is 111 Å². The quantitative estimate of drug-likeness (QED) is 0.648. The number of hydrogen-bond acceptors (Lipinski definition) is 4. The number of esters is 1. The summed E-state index contributed by atoms with van der Waals surface area (Å²) in [5.41, 5.74) is 6.53. The number of carbonyl (C=O) groups excluding carboxylic acids is 1. The molecule has 0 spiro atoms. The Balaban J connectivity index is 2.94. The van der Waals surface area contributed by atoms with Gasteiger partial charge in [0.1, 0.15) is 17.4 Å². The van der Waals surface area contributed by atoms with Crippen molar-refractivity contribution in [2.24, 2.45) is 5.73 Å². The molecule has 0 heterocycles. The van der Waals surface area contributed by atoms with Crippen LogP contribution in [0.1, 0.15) is 12.5 Å². The number of nitrogens with zero attached hydrogens (tertiary/aromatic N) is 1. The maximum atomic E-state index is 13.1. The minimum absolute atomic E-state index is 0.0507. The maximum Gasteiger partial charge on any atom is 0.325 e. The van der Waals surface area contributed by atoms with Gasteiger partial charge >= 0.3 is 5.97 Å². The maximum absolute atomic E-state index is 13.1. The normalized spacial score (nSPS) is 9.94. The summed E-state index contributed by atoms with van der Waals surface area (Å²) in [5, 5.41) is 0. The molecule has 0 amide bonds. The fourth-order valence-corrected chi connectivity index (χ4v) is 1.69. The Morgan fingerprint density at radius 1 is 1.56 bits per heavy atom. The molecular weight excluding hydrogens is 255 g/mol. The van der Waals surface area contributed by atoms with E-state index in [9.17, 15) is 9.18 Å². The van der Waals surface area contributed by atoms with Crippen molar-refractivity contribution in [3.63, 3.8) is 0 Å². The van der Waals surface area contributed by atoms with E-state index in [4.69, 9.17) is 22.7 Å². The second kappa shape index (κ2) is 6.30. The van der Waals surface area contributed by atoms with Crippen molar-refractivity contribution in [2.45, 2.75) is 6.92 Å². The predicted octanol–water partition coefficient (Wildman–Crippen LogP) is 1.46. The summed E-state index contributed by atoms with van der Waals surface area (Å²) < 4.78 is 18.0. The second-order valence-electron chi connectivity index (χ2n) is 3.69. The van der Waals surface area contributed by atoms with Crippen LogP contribution in [0.3, 0.4) is 0 Å². The van der Waals surface area contributed by atoms with E-state index in [0.717, 1.165) is 0 Å². The fourth-order valence-electron chi connectivity index (χ4n) is 1.52. The highest BCUT2D eigenvalue weighted by Crippen LogP contribution is 2.20. The van der Waals surface area contributed by atoms with Gasteiger partial charge in [-0.3, -0.25) is 4.79 Å². The predicted molar refractivity (Wildman–Crippen MR) is 72.2 cm³/mol. The average Bonchev–Trinajstić information content (AvgIpc) is 2.28. The van der Waals surface area contributed by atoms with Crippen molar-refractivity contribution in [1.29, 1.82) is 0 Å². The third-order valence-corrected chi connectivity index (χ3v) is 2.53. The number of nitrogens with two attached hydrogens (primary N) is 1. The SMILES string of the molecule is CCOC(=O)CN(C)c1ccc(F)cc1C(N)=S. The first-order chi connectivity index (χ1) is 8.45. The van der Waals surface area contributed by atoms with Gasteiger partial charge in [-0.15, -0.1) is 0 Å². The van der Waals surface area contributed by atoms with Gasteiger partial charge < -0.3 is 15.4 Å². The third-order valence-electron chi connectivity index (χ3n) is 2.31. The molecule has 0 bridgehead atoms. The zero-order valence-electron chi connectivity index (χ0n) is 10.3. The van der Waals surface area contributed by atoms with Gasteiger partial charge in [0.25, 0.3) is 0 Å².